The molecule has 0 N–H and O–H groups in total. The van der Waals surface area contributed by atoms with Gasteiger partial charge in [-0.15, -0.1) is 0 Å². The summed E-state index contributed by atoms with van der Waals surface area (Å²) in [6, 6.07) is 11.5. The molecule has 1 fully saturated rings. The Morgan fingerprint density at radius 3 is 2.21 bits per heavy atom. The van der Waals surface area contributed by atoms with Gasteiger partial charge in [-0.25, -0.2) is 4.39 Å². The first-order chi connectivity index (χ1) is 15.9. The van der Waals surface area contributed by atoms with Gasteiger partial charge in [-0.3, -0.25) is 0 Å². The van der Waals surface area contributed by atoms with Gasteiger partial charge < -0.3 is 4.74 Å². The van der Waals surface area contributed by atoms with Crippen LogP contribution in [0.15, 0.2) is 65.3 Å². The van der Waals surface area contributed by atoms with Gasteiger partial charge in [-0.2, -0.15) is 0 Å². The van der Waals surface area contributed by atoms with E-state index < -0.39 is 0 Å². The standard InChI is InChI=1S/C31H35FO/c1-22(2)11-12-23(3)24(4)21-28-18-17-27(16-13-25-14-19-29(33-5)20-15-25)30(31(28)32)26-9-7-6-8-10-26/h11-12,14-15,17-21,26H,6-10H2,1-5H3. The second-order valence-electron chi connectivity index (χ2n) is 9.16. The third-order valence-electron chi connectivity index (χ3n) is 6.32. The molecule has 0 unspecified atom stereocenters. The van der Waals surface area contributed by atoms with E-state index in [2.05, 4.69) is 44.8 Å². The molecule has 0 aromatic heterocycles. The monoisotopic (exact) mass is 442 g/mol. The van der Waals surface area contributed by atoms with Crippen LogP contribution in [0.3, 0.4) is 0 Å². The molecule has 2 aromatic carbocycles. The highest BCUT2D eigenvalue weighted by atomic mass is 19.1. The molecule has 1 aliphatic rings. The van der Waals surface area contributed by atoms with Gasteiger partial charge in [0.05, 0.1) is 7.11 Å². The highest BCUT2D eigenvalue weighted by Crippen LogP contribution is 2.37. The van der Waals surface area contributed by atoms with Crippen LogP contribution < -0.4 is 4.74 Å². The van der Waals surface area contributed by atoms with Crippen molar-refractivity contribution < 1.29 is 9.13 Å². The van der Waals surface area contributed by atoms with Gasteiger partial charge in [0, 0.05) is 22.3 Å². The van der Waals surface area contributed by atoms with Gasteiger partial charge in [-0.05, 0) is 94.0 Å². The maximum absolute atomic E-state index is 15.9. The van der Waals surface area contributed by atoms with Crippen LogP contribution in [0, 0.1) is 17.7 Å². The molecule has 0 aliphatic heterocycles. The smallest absolute Gasteiger partial charge is 0.135 e. The zero-order chi connectivity index (χ0) is 23.8. The van der Waals surface area contributed by atoms with E-state index in [0.717, 1.165) is 59.3 Å². The molecule has 0 radical (unpaired) electrons. The zero-order valence-electron chi connectivity index (χ0n) is 20.6. The Bertz CT molecular complexity index is 1110. The van der Waals surface area contributed by atoms with Gasteiger partial charge in [0.15, 0.2) is 0 Å². The maximum atomic E-state index is 15.9. The lowest BCUT2D eigenvalue weighted by Crippen LogP contribution is -2.10. The molecule has 1 aliphatic carbocycles. The number of hydrogen-bond acceptors (Lipinski definition) is 1. The summed E-state index contributed by atoms with van der Waals surface area (Å²) >= 11 is 0. The summed E-state index contributed by atoms with van der Waals surface area (Å²) in [5.74, 6) is 7.41. The van der Waals surface area contributed by atoms with Crippen molar-refractivity contribution in [3.63, 3.8) is 0 Å². The number of allylic oxidation sites excluding steroid dienone is 5. The molecule has 172 valence electrons. The number of methoxy groups -OCH3 is 1. The van der Waals surface area contributed by atoms with Crippen molar-refractivity contribution in [1.82, 2.24) is 0 Å². The second-order valence-corrected chi connectivity index (χ2v) is 9.16. The molecule has 0 bridgehead atoms. The first kappa shape index (κ1) is 24.6. The molecule has 3 rings (SSSR count). The Morgan fingerprint density at radius 1 is 0.879 bits per heavy atom. The predicted octanol–water partition coefficient (Wildman–Crippen LogP) is 8.60. The average molecular weight is 443 g/mol. The highest BCUT2D eigenvalue weighted by Gasteiger charge is 2.23. The summed E-state index contributed by atoms with van der Waals surface area (Å²) in [4.78, 5) is 0. The molecule has 1 saturated carbocycles. The van der Waals surface area contributed by atoms with E-state index in [-0.39, 0.29) is 11.7 Å². The second kappa shape index (κ2) is 11.7. The highest BCUT2D eigenvalue weighted by molar-refractivity contribution is 5.62. The van der Waals surface area contributed by atoms with E-state index in [1.807, 2.05) is 49.4 Å². The Hall–Kier alpha value is -3.05. The molecule has 1 nitrogen and oxygen atoms in total. The van der Waals surface area contributed by atoms with Crippen LogP contribution in [0.1, 0.15) is 88.0 Å². The fraction of sp³-hybridized carbons (Fsp3) is 0.355. The first-order valence-corrected chi connectivity index (χ1v) is 11.9. The fourth-order valence-electron chi connectivity index (χ4n) is 4.20. The lowest BCUT2D eigenvalue weighted by Gasteiger charge is -2.24. The van der Waals surface area contributed by atoms with E-state index in [0.29, 0.717) is 5.56 Å². The first-order valence-electron chi connectivity index (χ1n) is 11.9. The van der Waals surface area contributed by atoms with Crippen molar-refractivity contribution in [2.75, 3.05) is 7.11 Å². The SMILES string of the molecule is COc1ccc(C#Cc2ccc(C=C(C)C(C)=CC=C(C)C)c(F)c2C2CCCCC2)cc1. The van der Waals surface area contributed by atoms with Crippen molar-refractivity contribution >= 4 is 6.08 Å². The van der Waals surface area contributed by atoms with Gasteiger partial charge in [0.2, 0.25) is 0 Å². The van der Waals surface area contributed by atoms with E-state index in [1.165, 1.54) is 12.0 Å². The van der Waals surface area contributed by atoms with Gasteiger partial charge in [0.25, 0.3) is 0 Å². The van der Waals surface area contributed by atoms with E-state index in [1.54, 1.807) is 7.11 Å². The Labute approximate surface area is 199 Å². The van der Waals surface area contributed by atoms with Crippen molar-refractivity contribution in [2.24, 2.45) is 0 Å². The molecule has 0 atom stereocenters. The van der Waals surface area contributed by atoms with E-state index in [9.17, 15) is 0 Å². The van der Waals surface area contributed by atoms with Gasteiger partial charge in [0.1, 0.15) is 11.6 Å². The number of halogens is 1. The molecule has 2 aromatic rings. The summed E-state index contributed by atoms with van der Waals surface area (Å²) in [6.45, 7) is 8.26. The topological polar surface area (TPSA) is 9.23 Å². The van der Waals surface area contributed by atoms with Crippen molar-refractivity contribution in [3.8, 4) is 17.6 Å². The molecular weight excluding hydrogens is 407 g/mol. The van der Waals surface area contributed by atoms with E-state index >= 15 is 4.39 Å². The largest absolute Gasteiger partial charge is 0.497 e. The van der Waals surface area contributed by atoms with Crippen LogP contribution >= 0.6 is 0 Å². The van der Waals surface area contributed by atoms with Crippen molar-refractivity contribution in [2.45, 2.75) is 65.7 Å². The van der Waals surface area contributed by atoms with Crippen molar-refractivity contribution in [3.05, 3.63) is 93.3 Å². The Balaban J connectivity index is 2.02. The molecule has 0 spiro atoms. The number of benzene rings is 2. The molecule has 0 saturated heterocycles. The zero-order valence-corrected chi connectivity index (χ0v) is 20.6. The van der Waals surface area contributed by atoms with Crippen LogP contribution in [0.4, 0.5) is 4.39 Å². The average Bonchev–Trinajstić information content (AvgIpc) is 2.83. The molecule has 0 heterocycles. The van der Waals surface area contributed by atoms with Crippen molar-refractivity contribution in [1.29, 1.82) is 0 Å². The minimum Gasteiger partial charge on any atom is -0.497 e. The fourth-order valence-corrected chi connectivity index (χ4v) is 4.20. The summed E-state index contributed by atoms with van der Waals surface area (Å²) in [5, 5.41) is 0. The van der Waals surface area contributed by atoms with Crippen LogP contribution in [0.25, 0.3) is 6.08 Å². The summed E-state index contributed by atoms with van der Waals surface area (Å²) in [5.41, 5.74) is 6.59. The molecule has 2 heteroatoms. The van der Waals surface area contributed by atoms with Crippen LogP contribution in [-0.2, 0) is 0 Å². The Morgan fingerprint density at radius 2 is 1.58 bits per heavy atom. The molecule has 33 heavy (non-hydrogen) atoms. The maximum Gasteiger partial charge on any atom is 0.135 e. The number of ether oxygens (including phenoxy) is 1. The van der Waals surface area contributed by atoms with Crippen LogP contribution in [0.5, 0.6) is 5.75 Å². The summed E-state index contributed by atoms with van der Waals surface area (Å²) in [6.07, 6.45) is 11.7. The number of hydrogen-bond donors (Lipinski definition) is 0. The normalized spacial score (nSPS) is 15.0. The van der Waals surface area contributed by atoms with Gasteiger partial charge in [-0.1, -0.05) is 54.9 Å². The third-order valence-corrected chi connectivity index (χ3v) is 6.32. The number of rotatable bonds is 5. The quantitative estimate of drug-likeness (QED) is 0.333. The van der Waals surface area contributed by atoms with Crippen LogP contribution in [-0.4, -0.2) is 7.11 Å². The van der Waals surface area contributed by atoms with Gasteiger partial charge >= 0.3 is 0 Å². The lowest BCUT2D eigenvalue weighted by atomic mass is 9.81. The lowest BCUT2D eigenvalue weighted by molar-refractivity contribution is 0.415. The minimum absolute atomic E-state index is 0.113. The summed E-state index contributed by atoms with van der Waals surface area (Å²) in [7, 11) is 1.65. The van der Waals surface area contributed by atoms with Crippen LogP contribution in [0.2, 0.25) is 0 Å². The molecule has 0 amide bonds. The molecular formula is C31H35FO. The van der Waals surface area contributed by atoms with E-state index in [4.69, 9.17) is 4.74 Å². The summed E-state index contributed by atoms with van der Waals surface area (Å²) < 4.78 is 21.1. The minimum atomic E-state index is -0.113. The Kier molecular flexibility index (Phi) is 8.72. The third kappa shape index (κ3) is 6.72. The predicted molar refractivity (Wildman–Crippen MR) is 138 cm³/mol.